The summed E-state index contributed by atoms with van der Waals surface area (Å²) in [4.78, 5) is 12.0. The van der Waals surface area contributed by atoms with Gasteiger partial charge in [0.1, 0.15) is 0 Å². The molecule has 0 aliphatic heterocycles. The summed E-state index contributed by atoms with van der Waals surface area (Å²) in [5.74, 6) is -0.490. The molecule has 33 heavy (non-hydrogen) atoms. The lowest BCUT2D eigenvalue weighted by Crippen LogP contribution is -2.30. The van der Waals surface area contributed by atoms with Crippen LogP contribution in [0.2, 0.25) is 0 Å². The molecule has 1 atom stereocenters. The van der Waals surface area contributed by atoms with Crippen LogP contribution < -0.4 is 4.72 Å². The molecule has 1 amide bonds. The zero-order chi connectivity index (χ0) is 24.4. The Balaban J connectivity index is 2.10. The van der Waals surface area contributed by atoms with E-state index in [9.17, 15) is 18.3 Å². The summed E-state index contributed by atoms with van der Waals surface area (Å²) in [5, 5.41) is 9.97. The first-order valence-corrected chi connectivity index (χ1v) is 14.4. The number of sulfonamides is 1. The van der Waals surface area contributed by atoms with Crippen molar-refractivity contribution in [3.05, 3.63) is 64.3 Å². The van der Waals surface area contributed by atoms with E-state index in [2.05, 4.69) is 58.5 Å². The number of aliphatic hydroxyl groups is 1. The van der Waals surface area contributed by atoms with E-state index in [0.717, 1.165) is 35.7 Å². The van der Waals surface area contributed by atoms with E-state index in [1.165, 1.54) is 31.4 Å². The van der Waals surface area contributed by atoms with Crippen molar-refractivity contribution in [2.45, 2.75) is 88.6 Å². The lowest BCUT2D eigenvalue weighted by Gasteiger charge is -2.06. The maximum atomic E-state index is 12.2. The Hall–Kier alpha value is -1.45. The molecule has 0 bridgehead atoms. The number of aliphatic hydroxyl groups excluding tert-OH is 1. The van der Waals surface area contributed by atoms with E-state index in [-0.39, 0.29) is 17.4 Å². The first-order valence-electron chi connectivity index (χ1n) is 11.8. The number of halogens is 1. The standard InChI is InChI=1S/C26H38INO4S/c1-2-3-4-5-10-13-16-24(29)17-14-11-8-6-7-9-12-15-18-26(30)28-33(31,32)25-21-19-23(27)20-22-25/h7-11,13,19-22,24,29H,2-6,12,14-18H2,1H3,(H,28,30)/b9-7-,11-8-,13-10-/t24-/m0/s1. The van der Waals surface area contributed by atoms with Crippen LogP contribution in [-0.2, 0) is 14.8 Å². The predicted molar refractivity (Wildman–Crippen MR) is 144 cm³/mol. The second kappa shape index (κ2) is 18.0. The van der Waals surface area contributed by atoms with Crippen LogP contribution in [0.1, 0.15) is 77.6 Å². The van der Waals surface area contributed by atoms with E-state index < -0.39 is 15.9 Å². The molecule has 7 heteroatoms. The number of unbranched alkanes of at least 4 members (excludes halogenated alkanes) is 4. The largest absolute Gasteiger partial charge is 0.393 e. The smallest absolute Gasteiger partial charge is 0.264 e. The summed E-state index contributed by atoms with van der Waals surface area (Å²) in [6.45, 7) is 2.20. The fourth-order valence-electron chi connectivity index (χ4n) is 3.05. The number of benzene rings is 1. The van der Waals surface area contributed by atoms with Crippen LogP contribution in [0.5, 0.6) is 0 Å². The van der Waals surface area contributed by atoms with Crippen molar-refractivity contribution >= 4 is 38.5 Å². The molecule has 1 aromatic carbocycles. The third-order valence-corrected chi connectivity index (χ3v) is 7.08. The fourth-order valence-corrected chi connectivity index (χ4v) is 4.42. The third-order valence-electron chi connectivity index (χ3n) is 4.97. The van der Waals surface area contributed by atoms with Crippen LogP contribution in [0.25, 0.3) is 0 Å². The highest BCUT2D eigenvalue weighted by molar-refractivity contribution is 14.1. The molecule has 0 heterocycles. The van der Waals surface area contributed by atoms with Crippen molar-refractivity contribution in [1.82, 2.24) is 4.72 Å². The number of carbonyl (C=O) groups excluding carboxylic acids is 1. The minimum atomic E-state index is -3.80. The van der Waals surface area contributed by atoms with Gasteiger partial charge in [0.05, 0.1) is 11.0 Å². The molecule has 0 saturated heterocycles. The minimum Gasteiger partial charge on any atom is -0.393 e. The summed E-state index contributed by atoms with van der Waals surface area (Å²) in [7, 11) is -3.80. The second-order valence-corrected chi connectivity index (χ2v) is 10.9. The lowest BCUT2D eigenvalue weighted by atomic mass is 10.1. The normalized spacial score (nSPS) is 13.3. The van der Waals surface area contributed by atoms with E-state index in [1.807, 2.05) is 12.2 Å². The van der Waals surface area contributed by atoms with Gasteiger partial charge in [-0.2, -0.15) is 0 Å². The first kappa shape index (κ1) is 29.6. The van der Waals surface area contributed by atoms with Gasteiger partial charge in [-0.15, -0.1) is 0 Å². The Labute approximate surface area is 213 Å². The Morgan fingerprint density at radius 1 is 0.970 bits per heavy atom. The van der Waals surface area contributed by atoms with Gasteiger partial charge in [-0.1, -0.05) is 56.2 Å². The van der Waals surface area contributed by atoms with Crippen LogP contribution in [0.3, 0.4) is 0 Å². The monoisotopic (exact) mass is 587 g/mol. The summed E-state index contributed by atoms with van der Waals surface area (Å²) >= 11 is 2.09. The maximum absolute atomic E-state index is 12.2. The fraction of sp³-hybridized carbons (Fsp3) is 0.500. The first-order chi connectivity index (χ1) is 15.8. The molecule has 0 aliphatic rings. The van der Waals surface area contributed by atoms with E-state index in [0.29, 0.717) is 12.8 Å². The van der Waals surface area contributed by atoms with Gasteiger partial charge in [-0.05, 0) is 98.2 Å². The van der Waals surface area contributed by atoms with Gasteiger partial charge in [-0.3, -0.25) is 4.79 Å². The number of carbonyl (C=O) groups is 1. The molecule has 2 N–H and O–H groups in total. The predicted octanol–water partition coefficient (Wildman–Crippen LogP) is 6.44. The molecule has 5 nitrogen and oxygen atoms in total. The van der Waals surface area contributed by atoms with Crippen LogP contribution in [0.4, 0.5) is 0 Å². The van der Waals surface area contributed by atoms with Crippen LogP contribution in [-0.4, -0.2) is 25.5 Å². The van der Waals surface area contributed by atoms with Crippen LogP contribution >= 0.6 is 22.6 Å². The molecule has 0 aromatic heterocycles. The summed E-state index contributed by atoms with van der Waals surface area (Å²) in [6.07, 6.45) is 21.6. The van der Waals surface area contributed by atoms with Gasteiger partial charge < -0.3 is 5.11 Å². The molecule has 0 saturated carbocycles. The minimum absolute atomic E-state index is 0.0920. The highest BCUT2D eigenvalue weighted by Crippen LogP contribution is 2.12. The van der Waals surface area contributed by atoms with Crippen molar-refractivity contribution in [2.24, 2.45) is 0 Å². The molecule has 0 radical (unpaired) electrons. The average molecular weight is 588 g/mol. The molecule has 0 unspecified atom stereocenters. The number of amides is 1. The van der Waals surface area contributed by atoms with Crippen molar-refractivity contribution in [1.29, 1.82) is 0 Å². The highest BCUT2D eigenvalue weighted by atomic mass is 127. The second-order valence-electron chi connectivity index (χ2n) is 7.99. The van der Waals surface area contributed by atoms with Crippen molar-refractivity contribution in [3.8, 4) is 0 Å². The van der Waals surface area contributed by atoms with Gasteiger partial charge in [0.15, 0.2) is 0 Å². The molecular formula is C26H38INO4S. The number of rotatable bonds is 17. The zero-order valence-corrected chi connectivity index (χ0v) is 22.6. The summed E-state index contributed by atoms with van der Waals surface area (Å²) in [5.41, 5.74) is 0. The summed E-state index contributed by atoms with van der Waals surface area (Å²) in [6, 6.07) is 6.35. The molecular weight excluding hydrogens is 549 g/mol. The number of hydrogen-bond donors (Lipinski definition) is 2. The van der Waals surface area contributed by atoms with Gasteiger partial charge in [0, 0.05) is 9.99 Å². The van der Waals surface area contributed by atoms with Gasteiger partial charge in [0.2, 0.25) is 5.91 Å². The number of hydrogen-bond acceptors (Lipinski definition) is 4. The highest BCUT2D eigenvalue weighted by Gasteiger charge is 2.16. The van der Waals surface area contributed by atoms with Gasteiger partial charge >= 0.3 is 0 Å². The van der Waals surface area contributed by atoms with Gasteiger partial charge in [0.25, 0.3) is 10.0 Å². The zero-order valence-electron chi connectivity index (χ0n) is 19.6. The van der Waals surface area contributed by atoms with Crippen LogP contribution in [0.15, 0.2) is 65.6 Å². The maximum Gasteiger partial charge on any atom is 0.264 e. The van der Waals surface area contributed by atoms with Gasteiger partial charge in [-0.25, -0.2) is 13.1 Å². The van der Waals surface area contributed by atoms with E-state index in [1.54, 1.807) is 12.1 Å². The van der Waals surface area contributed by atoms with Crippen molar-refractivity contribution < 1.29 is 18.3 Å². The van der Waals surface area contributed by atoms with Crippen molar-refractivity contribution in [2.75, 3.05) is 0 Å². The number of nitrogens with one attached hydrogen (secondary N) is 1. The van der Waals surface area contributed by atoms with Crippen molar-refractivity contribution in [3.63, 3.8) is 0 Å². The Morgan fingerprint density at radius 3 is 2.30 bits per heavy atom. The average Bonchev–Trinajstić information content (AvgIpc) is 2.77. The molecule has 0 aliphatic carbocycles. The Kier molecular flexibility index (Phi) is 16.1. The molecule has 1 aromatic rings. The van der Waals surface area contributed by atoms with Crippen LogP contribution in [0, 0.1) is 3.57 Å². The molecule has 1 rings (SSSR count). The summed E-state index contributed by atoms with van der Waals surface area (Å²) < 4.78 is 27.4. The number of allylic oxidation sites excluding steroid dienone is 5. The lowest BCUT2D eigenvalue weighted by molar-refractivity contribution is -0.119. The molecule has 184 valence electrons. The molecule has 0 spiro atoms. The third kappa shape index (κ3) is 15.1. The molecule has 0 fully saturated rings. The Morgan fingerprint density at radius 2 is 1.61 bits per heavy atom. The Bertz CT molecular complexity index is 861. The van der Waals surface area contributed by atoms with E-state index in [4.69, 9.17) is 0 Å². The topological polar surface area (TPSA) is 83.5 Å². The SMILES string of the molecule is CCCCC/C=C\C[C@H](O)CC/C=C\C/C=C\CCCC(=O)NS(=O)(=O)c1ccc(I)cc1. The van der Waals surface area contributed by atoms with E-state index >= 15 is 0 Å². The quantitative estimate of drug-likeness (QED) is 0.125.